The van der Waals surface area contributed by atoms with Gasteiger partial charge in [0.15, 0.2) is 0 Å². The number of fused-ring (bicyclic) bond motifs is 1. The van der Waals surface area contributed by atoms with Gasteiger partial charge in [0.2, 0.25) is 5.91 Å². The third-order valence-electron chi connectivity index (χ3n) is 3.97. The summed E-state index contributed by atoms with van der Waals surface area (Å²) in [5.74, 6) is -0.0993. The minimum absolute atomic E-state index is 0.0926. The maximum atomic E-state index is 12.7. The fourth-order valence-corrected chi connectivity index (χ4v) is 3.05. The maximum Gasteiger partial charge on any atom is 0.275 e. The summed E-state index contributed by atoms with van der Waals surface area (Å²) < 4.78 is 7.78. The van der Waals surface area contributed by atoms with Crippen molar-refractivity contribution >= 4 is 32.6 Å². The lowest BCUT2D eigenvalue weighted by atomic mass is 10.0. The summed E-state index contributed by atoms with van der Waals surface area (Å²) in [4.78, 5) is 25.0. The highest BCUT2D eigenvalue weighted by Gasteiger charge is 2.15. The molecule has 1 amide bonds. The van der Waals surface area contributed by atoms with Crippen LogP contribution in [0.4, 0.5) is 0 Å². The standard InChI is InChI=1S/C20H28BrN3O3/c1-13(2)18-16-11-14(21)7-8-15(16)19(26)24(23-18)12-17(25)22-9-6-10-27-20(3,4)5/h7-8,11,13H,6,9-10,12H2,1-5H3,(H,22,25). The van der Waals surface area contributed by atoms with E-state index in [9.17, 15) is 9.59 Å². The van der Waals surface area contributed by atoms with E-state index in [4.69, 9.17) is 4.74 Å². The number of benzene rings is 1. The lowest BCUT2D eigenvalue weighted by Gasteiger charge is -2.19. The van der Waals surface area contributed by atoms with Gasteiger partial charge in [-0.1, -0.05) is 29.8 Å². The van der Waals surface area contributed by atoms with Crippen molar-refractivity contribution in [1.82, 2.24) is 15.1 Å². The van der Waals surface area contributed by atoms with Crippen LogP contribution in [0.5, 0.6) is 0 Å². The summed E-state index contributed by atoms with van der Waals surface area (Å²) in [7, 11) is 0. The third-order valence-corrected chi connectivity index (χ3v) is 4.46. The zero-order valence-electron chi connectivity index (χ0n) is 16.6. The van der Waals surface area contributed by atoms with Crippen molar-refractivity contribution in [2.24, 2.45) is 0 Å². The number of halogens is 1. The molecule has 0 aliphatic heterocycles. The first-order valence-corrected chi connectivity index (χ1v) is 9.98. The second kappa shape index (κ2) is 8.97. The van der Waals surface area contributed by atoms with Crippen molar-refractivity contribution in [1.29, 1.82) is 0 Å². The van der Waals surface area contributed by atoms with E-state index in [-0.39, 0.29) is 29.5 Å². The minimum Gasteiger partial charge on any atom is -0.376 e. The van der Waals surface area contributed by atoms with Gasteiger partial charge >= 0.3 is 0 Å². The molecule has 148 valence electrons. The number of nitrogens with zero attached hydrogens (tertiary/aromatic N) is 2. The van der Waals surface area contributed by atoms with Gasteiger partial charge in [0.25, 0.3) is 5.56 Å². The second-order valence-corrected chi connectivity index (χ2v) is 8.77. The van der Waals surface area contributed by atoms with Crippen LogP contribution in [0.1, 0.15) is 52.7 Å². The molecule has 1 heterocycles. The molecule has 1 N–H and O–H groups in total. The Bertz CT molecular complexity index is 869. The zero-order valence-corrected chi connectivity index (χ0v) is 18.2. The molecule has 0 radical (unpaired) electrons. The second-order valence-electron chi connectivity index (χ2n) is 7.86. The van der Waals surface area contributed by atoms with Crippen molar-refractivity contribution in [3.05, 3.63) is 38.7 Å². The minimum atomic E-state index is -0.256. The van der Waals surface area contributed by atoms with Crippen molar-refractivity contribution in [3.63, 3.8) is 0 Å². The number of carbonyl (C=O) groups excluding carboxylic acids is 1. The average molecular weight is 438 g/mol. The largest absolute Gasteiger partial charge is 0.376 e. The molecule has 0 saturated carbocycles. The van der Waals surface area contributed by atoms with Gasteiger partial charge < -0.3 is 10.1 Å². The topological polar surface area (TPSA) is 73.2 Å². The quantitative estimate of drug-likeness (QED) is 0.671. The molecule has 0 unspecified atom stereocenters. The van der Waals surface area contributed by atoms with Crippen LogP contribution in [0.25, 0.3) is 10.8 Å². The zero-order chi connectivity index (χ0) is 20.2. The Morgan fingerprint density at radius 1 is 1.30 bits per heavy atom. The number of rotatable bonds is 7. The molecule has 2 aromatic rings. The van der Waals surface area contributed by atoms with Gasteiger partial charge in [0, 0.05) is 23.0 Å². The van der Waals surface area contributed by atoms with Crippen LogP contribution in [-0.2, 0) is 16.1 Å². The normalized spacial score (nSPS) is 12.0. The summed E-state index contributed by atoms with van der Waals surface area (Å²) in [6, 6.07) is 5.50. The molecule has 6 nitrogen and oxygen atoms in total. The first-order chi connectivity index (χ1) is 12.6. The van der Waals surface area contributed by atoms with Gasteiger partial charge in [-0.3, -0.25) is 9.59 Å². The molecule has 0 atom stereocenters. The lowest BCUT2D eigenvalue weighted by Crippen LogP contribution is -2.35. The Morgan fingerprint density at radius 2 is 2.00 bits per heavy atom. The summed E-state index contributed by atoms with van der Waals surface area (Å²) in [5, 5.41) is 8.67. The molecular weight excluding hydrogens is 410 g/mol. The molecule has 1 aromatic heterocycles. The monoisotopic (exact) mass is 437 g/mol. The van der Waals surface area contributed by atoms with Crippen molar-refractivity contribution in [2.75, 3.05) is 13.2 Å². The lowest BCUT2D eigenvalue weighted by molar-refractivity contribution is -0.122. The van der Waals surface area contributed by atoms with E-state index in [1.165, 1.54) is 4.68 Å². The molecule has 0 spiro atoms. The SMILES string of the molecule is CC(C)c1nn(CC(=O)NCCCOC(C)(C)C)c(=O)c2ccc(Br)cc12. The van der Waals surface area contributed by atoms with Crippen LogP contribution in [-0.4, -0.2) is 34.4 Å². The molecule has 0 fully saturated rings. The van der Waals surface area contributed by atoms with E-state index in [1.54, 1.807) is 6.07 Å². The molecular formula is C20H28BrN3O3. The van der Waals surface area contributed by atoms with Gasteiger partial charge in [0.05, 0.1) is 16.7 Å². The average Bonchev–Trinajstić information content (AvgIpc) is 2.55. The summed E-state index contributed by atoms with van der Waals surface area (Å²) in [6.45, 7) is 11.0. The molecule has 2 rings (SSSR count). The Hall–Kier alpha value is -1.73. The fourth-order valence-electron chi connectivity index (χ4n) is 2.69. The Kier molecular flexibility index (Phi) is 7.17. The van der Waals surface area contributed by atoms with Gasteiger partial charge in [0.1, 0.15) is 6.54 Å². The number of hydrogen-bond donors (Lipinski definition) is 1. The number of ether oxygens (including phenoxy) is 1. The van der Waals surface area contributed by atoms with Crippen molar-refractivity contribution < 1.29 is 9.53 Å². The number of aromatic nitrogens is 2. The van der Waals surface area contributed by atoms with Crippen LogP contribution in [0, 0.1) is 0 Å². The molecule has 0 bridgehead atoms. The molecule has 1 aromatic carbocycles. The first kappa shape index (κ1) is 21.6. The number of carbonyl (C=O) groups is 1. The molecule has 27 heavy (non-hydrogen) atoms. The maximum absolute atomic E-state index is 12.7. The highest BCUT2D eigenvalue weighted by atomic mass is 79.9. The van der Waals surface area contributed by atoms with Gasteiger partial charge in [-0.2, -0.15) is 5.10 Å². The molecule has 0 saturated heterocycles. The van der Waals surface area contributed by atoms with E-state index < -0.39 is 0 Å². The number of nitrogens with one attached hydrogen (secondary N) is 1. The summed E-state index contributed by atoms with van der Waals surface area (Å²) in [6.07, 6.45) is 0.717. The fraction of sp³-hybridized carbons (Fsp3) is 0.550. The molecule has 0 aliphatic rings. The number of amides is 1. The highest BCUT2D eigenvalue weighted by molar-refractivity contribution is 9.10. The smallest absolute Gasteiger partial charge is 0.275 e. The summed E-state index contributed by atoms with van der Waals surface area (Å²) in [5.41, 5.74) is 0.361. The number of hydrogen-bond acceptors (Lipinski definition) is 4. The van der Waals surface area contributed by atoms with Gasteiger partial charge in [-0.05, 0) is 51.3 Å². The van der Waals surface area contributed by atoms with Crippen LogP contribution in [0.3, 0.4) is 0 Å². The van der Waals surface area contributed by atoms with Crippen LogP contribution >= 0.6 is 15.9 Å². The van der Waals surface area contributed by atoms with Gasteiger partial charge in [-0.15, -0.1) is 0 Å². The summed E-state index contributed by atoms with van der Waals surface area (Å²) >= 11 is 3.44. The Morgan fingerprint density at radius 3 is 2.63 bits per heavy atom. The van der Waals surface area contributed by atoms with E-state index in [1.807, 2.05) is 46.8 Å². The van der Waals surface area contributed by atoms with Crippen molar-refractivity contribution in [2.45, 2.75) is 59.1 Å². The van der Waals surface area contributed by atoms with Crippen molar-refractivity contribution in [3.8, 4) is 0 Å². The van der Waals surface area contributed by atoms with E-state index >= 15 is 0 Å². The molecule has 7 heteroatoms. The van der Waals surface area contributed by atoms with Crippen LogP contribution in [0.15, 0.2) is 27.5 Å². The van der Waals surface area contributed by atoms with Crippen LogP contribution < -0.4 is 10.9 Å². The molecule has 0 aliphatic carbocycles. The Labute approximate surface area is 168 Å². The van der Waals surface area contributed by atoms with E-state index in [0.717, 1.165) is 15.6 Å². The van der Waals surface area contributed by atoms with Gasteiger partial charge in [-0.25, -0.2) is 4.68 Å². The predicted molar refractivity (Wildman–Crippen MR) is 111 cm³/mol. The van der Waals surface area contributed by atoms with E-state index in [2.05, 4.69) is 26.3 Å². The highest BCUT2D eigenvalue weighted by Crippen LogP contribution is 2.24. The Balaban J connectivity index is 2.10. The van der Waals surface area contributed by atoms with Crippen LogP contribution in [0.2, 0.25) is 0 Å². The van der Waals surface area contributed by atoms with E-state index in [0.29, 0.717) is 25.0 Å². The first-order valence-electron chi connectivity index (χ1n) is 9.19. The third kappa shape index (κ3) is 6.14. The predicted octanol–water partition coefficient (Wildman–Crippen LogP) is 3.60.